The number of ether oxygens (including phenoxy) is 3. The monoisotopic (exact) mass is 354 g/mol. The minimum absolute atomic E-state index is 0.249. The van der Waals surface area contributed by atoms with Gasteiger partial charge in [0.25, 0.3) is 0 Å². The third-order valence-corrected chi connectivity index (χ3v) is 4.47. The van der Waals surface area contributed by atoms with Gasteiger partial charge in [-0.15, -0.1) is 11.3 Å². The second kappa shape index (κ2) is 6.45. The summed E-state index contributed by atoms with van der Waals surface area (Å²) in [5.41, 5.74) is 3.06. The molecule has 25 heavy (non-hydrogen) atoms. The highest BCUT2D eigenvalue weighted by Gasteiger charge is 2.15. The van der Waals surface area contributed by atoms with E-state index in [1.807, 2.05) is 29.6 Å². The fraction of sp³-hybridized carbons (Fsp3) is 0.111. The van der Waals surface area contributed by atoms with Crippen molar-refractivity contribution >= 4 is 28.1 Å². The van der Waals surface area contributed by atoms with E-state index in [2.05, 4.69) is 10.3 Å². The highest BCUT2D eigenvalue weighted by Crippen LogP contribution is 2.36. The van der Waals surface area contributed by atoms with Gasteiger partial charge in [-0.2, -0.15) is 0 Å². The molecule has 2 heterocycles. The third kappa shape index (κ3) is 3.14. The van der Waals surface area contributed by atoms with Crippen LogP contribution < -0.4 is 14.8 Å². The lowest BCUT2D eigenvalue weighted by Gasteiger charge is -2.05. The molecule has 0 spiro atoms. The fourth-order valence-electron chi connectivity index (χ4n) is 2.48. The lowest BCUT2D eigenvalue weighted by Crippen LogP contribution is -2.01. The number of hydrogen-bond donors (Lipinski definition) is 1. The SMILES string of the molecule is COC(=O)c1cccc(Nc2nc(-c3ccc4c(c3)OCO4)cs2)c1. The van der Waals surface area contributed by atoms with Crippen molar-refractivity contribution in [1.29, 1.82) is 0 Å². The van der Waals surface area contributed by atoms with Crippen molar-refractivity contribution in [3.05, 3.63) is 53.4 Å². The van der Waals surface area contributed by atoms with Gasteiger partial charge in [-0.3, -0.25) is 0 Å². The van der Waals surface area contributed by atoms with E-state index in [1.165, 1.54) is 18.4 Å². The Kier molecular flexibility index (Phi) is 3.99. The number of fused-ring (bicyclic) bond motifs is 1. The zero-order chi connectivity index (χ0) is 17.2. The number of carbonyl (C=O) groups excluding carboxylic acids is 1. The Hall–Kier alpha value is -3.06. The summed E-state index contributed by atoms with van der Waals surface area (Å²) in [7, 11) is 1.36. The predicted molar refractivity (Wildman–Crippen MR) is 94.7 cm³/mol. The smallest absolute Gasteiger partial charge is 0.337 e. The number of anilines is 2. The topological polar surface area (TPSA) is 69.7 Å². The molecule has 4 rings (SSSR count). The Morgan fingerprint density at radius 2 is 2.08 bits per heavy atom. The standard InChI is InChI=1S/C18H14N2O4S/c1-22-17(21)12-3-2-4-13(7-12)19-18-20-14(9-25-18)11-5-6-15-16(8-11)24-10-23-15/h2-9H,10H2,1H3,(H,19,20). The molecule has 0 amide bonds. The van der Waals surface area contributed by atoms with Crippen LogP contribution in [0.2, 0.25) is 0 Å². The van der Waals surface area contributed by atoms with E-state index in [0.717, 1.165) is 33.6 Å². The molecule has 0 saturated heterocycles. The highest BCUT2D eigenvalue weighted by atomic mass is 32.1. The molecular formula is C18H14N2O4S. The van der Waals surface area contributed by atoms with Gasteiger partial charge in [0.05, 0.1) is 18.4 Å². The summed E-state index contributed by atoms with van der Waals surface area (Å²) in [5.74, 6) is 1.10. The lowest BCUT2D eigenvalue weighted by atomic mass is 10.1. The van der Waals surface area contributed by atoms with Crippen LogP contribution >= 0.6 is 11.3 Å². The first-order chi connectivity index (χ1) is 12.2. The van der Waals surface area contributed by atoms with Crippen molar-refractivity contribution in [2.45, 2.75) is 0 Å². The minimum atomic E-state index is -0.371. The van der Waals surface area contributed by atoms with Crippen molar-refractivity contribution in [1.82, 2.24) is 4.98 Å². The number of thiazole rings is 1. The maximum atomic E-state index is 11.6. The molecule has 7 heteroatoms. The molecule has 0 radical (unpaired) electrons. The molecule has 0 fully saturated rings. The van der Waals surface area contributed by atoms with Gasteiger partial charge >= 0.3 is 5.97 Å². The molecule has 1 N–H and O–H groups in total. The average Bonchev–Trinajstić information content (AvgIpc) is 3.29. The zero-order valence-corrected chi connectivity index (χ0v) is 14.1. The summed E-state index contributed by atoms with van der Waals surface area (Å²) in [4.78, 5) is 16.2. The van der Waals surface area contributed by atoms with Crippen molar-refractivity contribution in [3.8, 4) is 22.8 Å². The molecule has 0 aliphatic carbocycles. The van der Waals surface area contributed by atoms with E-state index in [0.29, 0.717) is 5.56 Å². The van der Waals surface area contributed by atoms with Crippen molar-refractivity contribution in [3.63, 3.8) is 0 Å². The molecule has 1 aromatic heterocycles. The predicted octanol–water partition coefficient (Wildman–Crippen LogP) is 4.07. The Bertz CT molecular complexity index is 938. The maximum Gasteiger partial charge on any atom is 0.337 e. The molecule has 2 aromatic carbocycles. The van der Waals surface area contributed by atoms with E-state index < -0.39 is 0 Å². The highest BCUT2D eigenvalue weighted by molar-refractivity contribution is 7.14. The van der Waals surface area contributed by atoms with E-state index in [4.69, 9.17) is 14.2 Å². The Labute approximate surface area is 148 Å². The molecular weight excluding hydrogens is 340 g/mol. The normalized spacial score (nSPS) is 12.0. The molecule has 0 saturated carbocycles. The second-order valence-electron chi connectivity index (χ2n) is 5.30. The quantitative estimate of drug-likeness (QED) is 0.712. The third-order valence-electron chi connectivity index (χ3n) is 3.71. The lowest BCUT2D eigenvalue weighted by molar-refractivity contribution is 0.0601. The van der Waals surface area contributed by atoms with Crippen LogP contribution in [0.1, 0.15) is 10.4 Å². The average molecular weight is 354 g/mol. The first-order valence-corrected chi connectivity index (χ1v) is 8.42. The molecule has 3 aromatic rings. The van der Waals surface area contributed by atoms with Crippen LogP contribution in [0.4, 0.5) is 10.8 Å². The Balaban J connectivity index is 1.55. The summed E-state index contributed by atoms with van der Waals surface area (Å²) in [6.07, 6.45) is 0. The summed E-state index contributed by atoms with van der Waals surface area (Å²) in [6.45, 7) is 0.249. The van der Waals surface area contributed by atoms with Gasteiger partial charge in [0.2, 0.25) is 6.79 Å². The summed E-state index contributed by atoms with van der Waals surface area (Å²) in [5, 5.41) is 5.90. The number of hydrogen-bond acceptors (Lipinski definition) is 7. The van der Waals surface area contributed by atoms with Crippen molar-refractivity contribution in [2.24, 2.45) is 0 Å². The van der Waals surface area contributed by atoms with E-state index in [-0.39, 0.29) is 12.8 Å². The van der Waals surface area contributed by atoms with E-state index >= 15 is 0 Å². The number of rotatable bonds is 4. The molecule has 1 aliphatic heterocycles. The van der Waals surface area contributed by atoms with Crippen LogP contribution in [0.15, 0.2) is 47.8 Å². The second-order valence-corrected chi connectivity index (χ2v) is 6.16. The molecule has 6 nitrogen and oxygen atoms in total. The van der Waals surface area contributed by atoms with E-state index in [1.54, 1.807) is 18.2 Å². The first-order valence-electron chi connectivity index (χ1n) is 7.54. The number of benzene rings is 2. The number of methoxy groups -OCH3 is 1. The van der Waals surface area contributed by atoms with Crippen molar-refractivity contribution < 1.29 is 19.0 Å². The molecule has 126 valence electrons. The Morgan fingerprint density at radius 1 is 1.20 bits per heavy atom. The number of carbonyl (C=O) groups is 1. The van der Waals surface area contributed by atoms with Gasteiger partial charge < -0.3 is 19.5 Å². The van der Waals surface area contributed by atoms with Gasteiger partial charge in [0.1, 0.15) is 0 Å². The van der Waals surface area contributed by atoms with Crippen LogP contribution in [0.5, 0.6) is 11.5 Å². The maximum absolute atomic E-state index is 11.6. The van der Waals surface area contributed by atoms with Crippen LogP contribution in [0, 0.1) is 0 Å². The number of nitrogens with zero attached hydrogens (tertiary/aromatic N) is 1. The number of esters is 1. The summed E-state index contributed by atoms with van der Waals surface area (Å²) >= 11 is 1.48. The molecule has 0 bridgehead atoms. The number of nitrogens with one attached hydrogen (secondary N) is 1. The molecule has 1 aliphatic rings. The van der Waals surface area contributed by atoms with E-state index in [9.17, 15) is 4.79 Å². The summed E-state index contributed by atoms with van der Waals surface area (Å²) < 4.78 is 15.5. The molecule has 0 atom stereocenters. The number of aromatic nitrogens is 1. The first kappa shape index (κ1) is 15.5. The van der Waals surface area contributed by atoms with Gasteiger partial charge in [0, 0.05) is 16.6 Å². The van der Waals surface area contributed by atoms with Gasteiger partial charge in [0.15, 0.2) is 16.6 Å². The minimum Gasteiger partial charge on any atom is -0.465 e. The van der Waals surface area contributed by atoms with Crippen LogP contribution in [0.25, 0.3) is 11.3 Å². The van der Waals surface area contributed by atoms with Crippen molar-refractivity contribution in [2.75, 3.05) is 19.2 Å². The zero-order valence-electron chi connectivity index (χ0n) is 13.3. The van der Waals surface area contributed by atoms with Crippen LogP contribution in [-0.4, -0.2) is 24.9 Å². The van der Waals surface area contributed by atoms with Gasteiger partial charge in [-0.1, -0.05) is 6.07 Å². The molecule has 0 unspecified atom stereocenters. The van der Waals surface area contributed by atoms with Gasteiger partial charge in [-0.25, -0.2) is 9.78 Å². The van der Waals surface area contributed by atoms with Gasteiger partial charge in [-0.05, 0) is 36.4 Å². The summed E-state index contributed by atoms with van der Waals surface area (Å²) in [6, 6.07) is 12.8. The fourth-order valence-corrected chi connectivity index (χ4v) is 3.22. The largest absolute Gasteiger partial charge is 0.465 e. The Morgan fingerprint density at radius 3 is 2.96 bits per heavy atom. The van der Waals surface area contributed by atoms with Crippen LogP contribution in [-0.2, 0) is 4.74 Å². The van der Waals surface area contributed by atoms with Crippen LogP contribution in [0.3, 0.4) is 0 Å².